The summed E-state index contributed by atoms with van der Waals surface area (Å²) in [5, 5.41) is 6.99. The number of carbonyl (C=O) groups is 1. The number of fused-ring (bicyclic) bond motifs is 1. The molecule has 11 heteroatoms. The molecule has 7 nitrogen and oxygen atoms in total. The largest absolute Gasteiger partial charge is 0.379 e. The van der Waals surface area contributed by atoms with E-state index in [0.29, 0.717) is 19.9 Å². The molecule has 1 unspecified atom stereocenters. The Labute approximate surface area is 236 Å². The molecule has 4 rings (SSSR count). The van der Waals surface area contributed by atoms with E-state index in [9.17, 15) is 4.79 Å². The molecule has 37 heavy (non-hydrogen) atoms. The van der Waals surface area contributed by atoms with E-state index in [0.717, 1.165) is 35.2 Å². The maximum absolute atomic E-state index is 12.7. The van der Waals surface area contributed by atoms with Crippen LogP contribution in [0.1, 0.15) is 5.56 Å². The van der Waals surface area contributed by atoms with Crippen LogP contribution in [0.3, 0.4) is 0 Å². The Morgan fingerprint density at radius 3 is 2.54 bits per heavy atom. The molecule has 1 aromatic heterocycles. The van der Waals surface area contributed by atoms with Crippen LogP contribution < -0.4 is 15.5 Å². The Hall–Kier alpha value is -2.46. The summed E-state index contributed by atoms with van der Waals surface area (Å²) in [4.78, 5) is 21.4. The molecule has 1 fully saturated rings. The summed E-state index contributed by atoms with van der Waals surface area (Å²) in [6.45, 7) is 3.20. The first kappa shape index (κ1) is 27.6. The van der Waals surface area contributed by atoms with Crippen molar-refractivity contribution in [2.75, 3.05) is 37.9 Å². The summed E-state index contributed by atoms with van der Waals surface area (Å²) in [5.74, 6) is -0.443. The van der Waals surface area contributed by atoms with Crippen LogP contribution in [0.2, 0.25) is 0 Å². The van der Waals surface area contributed by atoms with Gasteiger partial charge >= 0.3 is 0 Å². The summed E-state index contributed by atoms with van der Waals surface area (Å²) in [7, 11) is 0. The molecule has 1 saturated heterocycles. The number of thiocarbonyl (C=S) groups is 1. The van der Waals surface area contributed by atoms with E-state index in [1.165, 1.54) is 6.08 Å². The van der Waals surface area contributed by atoms with Crippen molar-refractivity contribution in [2.24, 2.45) is 0 Å². The molecule has 3 aromatic rings. The molecule has 1 aliphatic heterocycles. The van der Waals surface area contributed by atoms with Gasteiger partial charge in [0.25, 0.3) is 0 Å². The van der Waals surface area contributed by atoms with Crippen LogP contribution in [0.5, 0.6) is 0 Å². The van der Waals surface area contributed by atoms with Crippen molar-refractivity contribution in [1.29, 1.82) is 0 Å². The van der Waals surface area contributed by atoms with Gasteiger partial charge in [-0.25, -0.2) is 0 Å². The minimum Gasteiger partial charge on any atom is -0.379 e. The highest BCUT2D eigenvalue weighted by Crippen LogP contribution is 2.30. The SMILES string of the molecule is O=C(/C=C/c1ccccc1)NC(NC(=S)N(CN1CCOCC1)c1cccc2cccnc12)C(Cl)(Cl)Cl. The van der Waals surface area contributed by atoms with Crippen molar-refractivity contribution < 1.29 is 9.53 Å². The van der Waals surface area contributed by atoms with Crippen LogP contribution in [0.4, 0.5) is 5.69 Å². The number of aromatic nitrogens is 1. The minimum absolute atomic E-state index is 0.272. The lowest BCUT2D eigenvalue weighted by atomic mass is 10.2. The van der Waals surface area contributed by atoms with E-state index in [-0.39, 0.29) is 5.11 Å². The lowest BCUT2D eigenvalue weighted by molar-refractivity contribution is -0.117. The van der Waals surface area contributed by atoms with Crippen LogP contribution >= 0.6 is 47.0 Å². The fourth-order valence-electron chi connectivity index (χ4n) is 3.83. The van der Waals surface area contributed by atoms with Gasteiger partial charge in [0.05, 0.1) is 31.1 Å². The van der Waals surface area contributed by atoms with E-state index in [1.54, 1.807) is 12.3 Å². The Morgan fingerprint density at radius 2 is 1.81 bits per heavy atom. The van der Waals surface area contributed by atoms with Gasteiger partial charge < -0.3 is 20.3 Å². The molecular weight excluding hydrogens is 553 g/mol. The molecule has 1 aliphatic rings. The first-order chi connectivity index (χ1) is 17.8. The lowest BCUT2D eigenvalue weighted by Gasteiger charge is -2.36. The number of rotatable bonds is 7. The summed E-state index contributed by atoms with van der Waals surface area (Å²) in [6, 6.07) is 19.2. The Bertz CT molecular complexity index is 1240. The molecule has 194 valence electrons. The topological polar surface area (TPSA) is 69.7 Å². The predicted molar refractivity (Wildman–Crippen MR) is 155 cm³/mol. The number of halogens is 3. The van der Waals surface area contributed by atoms with Gasteiger partial charge in [-0.1, -0.05) is 83.3 Å². The molecular formula is C26H26Cl3N5O2S. The third kappa shape index (κ3) is 7.77. The van der Waals surface area contributed by atoms with E-state index in [2.05, 4.69) is 20.5 Å². The van der Waals surface area contributed by atoms with E-state index in [1.807, 2.05) is 65.6 Å². The highest BCUT2D eigenvalue weighted by Gasteiger charge is 2.35. The third-order valence-corrected chi connectivity index (χ3v) is 6.69. The van der Waals surface area contributed by atoms with E-state index in [4.69, 9.17) is 51.8 Å². The monoisotopic (exact) mass is 577 g/mol. The second-order valence-corrected chi connectivity index (χ2v) is 11.1. The summed E-state index contributed by atoms with van der Waals surface area (Å²) in [5.41, 5.74) is 2.44. The number of hydrogen-bond acceptors (Lipinski definition) is 5. The van der Waals surface area contributed by atoms with Gasteiger partial charge in [0.2, 0.25) is 9.70 Å². The highest BCUT2D eigenvalue weighted by molar-refractivity contribution is 7.80. The van der Waals surface area contributed by atoms with Crippen LogP contribution in [0.25, 0.3) is 17.0 Å². The third-order valence-electron chi connectivity index (χ3n) is 5.70. The average molecular weight is 579 g/mol. The highest BCUT2D eigenvalue weighted by atomic mass is 35.6. The standard InChI is InChI=1S/C26H26Cl3N5O2S/c27-26(28,29)24(31-22(35)12-11-19-6-2-1-3-7-19)32-25(37)34(18-33-14-16-36-17-15-33)21-10-4-8-20-9-5-13-30-23(20)21/h1-13,24H,14-18H2,(H,31,35)(H,32,37)/b12-11+. The maximum atomic E-state index is 12.7. The second kappa shape index (κ2) is 12.9. The van der Waals surface area contributed by atoms with Gasteiger partial charge in [-0.05, 0) is 36.0 Å². The molecule has 0 saturated carbocycles. The number of morpholine rings is 1. The normalized spacial score (nSPS) is 15.4. The molecule has 0 spiro atoms. The minimum atomic E-state index is -1.89. The number of amides is 1. The van der Waals surface area contributed by atoms with Crippen molar-refractivity contribution in [2.45, 2.75) is 9.96 Å². The van der Waals surface area contributed by atoms with E-state index < -0.39 is 15.9 Å². The van der Waals surface area contributed by atoms with Gasteiger partial charge in [0.1, 0.15) is 6.17 Å². The van der Waals surface area contributed by atoms with Gasteiger partial charge in [0.15, 0.2) is 5.11 Å². The molecule has 1 atom stereocenters. The number of nitrogens with one attached hydrogen (secondary N) is 2. The smallest absolute Gasteiger partial charge is 0.245 e. The number of pyridine rings is 1. The van der Waals surface area contributed by atoms with Crippen molar-refractivity contribution in [1.82, 2.24) is 20.5 Å². The molecule has 0 bridgehead atoms. The molecule has 0 aliphatic carbocycles. The second-order valence-electron chi connectivity index (χ2n) is 8.33. The molecule has 2 N–H and O–H groups in total. The molecule has 2 heterocycles. The zero-order valence-corrected chi connectivity index (χ0v) is 22.9. The number of para-hydroxylation sites is 1. The summed E-state index contributed by atoms with van der Waals surface area (Å²) >= 11 is 24.6. The van der Waals surface area contributed by atoms with Crippen LogP contribution in [-0.4, -0.2) is 63.8 Å². The van der Waals surface area contributed by atoms with E-state index >= 15 is 0 Å². The number of nitrogens with zero attached hydrogens (tertiary/aromatic N) is 3. The number of alkyl halides is 3. The summed E-state index contributed by atoms with van der Waals surface area (Å²) < 4.78 is 3.61. The number of ether oxygens (including phenoxy) is 1. The lowest BCUT2D eigenvalue weighted by Crippen LogP contribution is -2.59. The van der Waals surface area contributed by atoms with Gasteiger partial charge in [-0.3, -0.25) is 14.7 Å². The zero-order chi connectivity index (χ0) is 26.3. The van der Waals surface area contributed by atoms with Crippen molar-refractivity contribution in [3.63, 3.8) is 0 Å². The average Bonchev–Trinajstić information content (AvgIpc) is 2.90. The first-order valence-electron chi connectivity index (χ1n) is 11.6. The maximum Gasteiger partial charge on any atom is 0.245 e. The number of hydrogen-bond donors (Lipinski definition) is 2. The van der Waals surface area contributed by atoms with Crippen molar-refractivity contribution in [3.8, 4) is 0 Å². The Kier molecular flexibility index (Phi) is 9.59. The number of anilines is 1. The predicted octanol–water partition coefficient (Wildman–Crippen LogP) is 4.73. The molecule has 1 amide bonds. The Morgan fingerprint density at radius 1 is 1.08 bits per heavy atom. The number of carbonyl (C=O) groups excluding carboxylic acids is 1. The number of benzene rings is 2. The van der Waals surface area contributed by atoms with Gasteiger partial charge in [-0.2, -0.15) is 0 Å². The van der Waals surface area contributed by atoms with Crippen LogP contribution in [-0.2, 0) is 9.53 Å². The van der Waals surface area contributed by atoms with Gasteiger partial charge in [-0.15, -0.1) is 0 Å². The fraction of sp³-hybridized carbons (Fsp3) is 0.269. The molecule has 2 aromatic carbocycles. The zero-order valence-electron chi connectivity index (χ0n) is 19.8. The quantitative estimate of drug-likeness (QED) is 0.182. The van der Waals surface area contributed by atoms with Crippen molar-refractivity contribution >= 4 is 80.7 Å². The Balaban J connectivity index is 1.57. The first-order valence-corrected chi connectivity index (χ1v) is 13.2. The van der Waals surface area contributed by atoms with Crippen molar-refractivity contribution in [3.05, 3.63) is 78.5 Å². The van der Waals surface area contributed by atoms with Crippen LogP contribution in [0.15, 0.2) is 72.9 Å². The summed E-state index contributed by atoms with van der Waals surface area (Å²) in [6.07, 6.45) is 3.69. The fourth-order valence-corrected chi connectivity index (χ4v) is 4.43. The van der Waals surface area contributed by atoms with Crippen LogP contribution in [0, 0.1) is 0 Å². The van der Waals surface area contributed by atoms with Gasteiger partial charge in [0, 0.05) is 30.7 Å². The molecule has 0 radical (unpaired) electrons.